The average molecular weight is 280 g/mol. The molecule has 2 N–H and O–H groups in total. The van der Waals surface area contributed by atoms with Gasteiger partial charge in [0.2, 0.25) is 5.75 Å². The summed E-state index contributed by atoms with van der Waals surface area (Å²) < 4.78 is 5.27. The van der Waals surface area contributed by atoms with Crippen LogP contribution < -0.4 is 5.32 Å². The standard InChI is InChI=1S/C13H16N2O5/c1-20-11-7-3-5-9(11)14-13(17)8-4-2-6-10(12(8)16)15(18)19/h2,4,6,9,11,16H,3,5,7H2,1H3,(H,14,17)/t9-,11-/m0/s1. The SMILES string of the molecule is CO[C@H]1CCC[C@@H]1NC(=O)c1cccc([N+](=O)[O-])c1O. The van der Waals surface area contributed by atoms with Crippen LogP contribution in [0.4, 0.5) is 5.69 Å². The molecule has 1 saturated carbocycles. The third-order valence-corrected chi connectivity index (χ3v) is 3.53. The van der Waals surface area contributed by atoms with E-state index in [1.54, 1.807) is 7.11 Å². The minimum Gasteiger partial charge on any atom is -0.502 e. The Bertz CT molecular complexity index is 531. The van der Waals surface area contributed by atoms with Crippen LogP contribution in [0.2, 0.25) is 0 Å². The van der Waals surface area contributed by atoms with E-state index < -0.39 is 22.3 Å². The van der Waals surface area contributed by atoms with Gasteiger partial charge in [0.1, 0.15) is 0 Å². The fraction of sp³-hybridized carbons (Fsp3) is 0.462. The van der Waals surface area contributed by atoms with Gasteiger partial charge in [-0.1, -0.05) is 6.07 Å². The molecule has 0 heterocycles. The maximum atomic E-state index is 12.1. The molecule has 7 heteroatoms. The third-order valence-electron chi connectivity index (χ3n) is 3.53. The maximum Gasteiger partial charge on any atom is 0.311 e. The minimum atomic E-state index is -0.723. The second-order valence-electron chi connectivity index (χ2n) is 4.72. The number of carbonyl (C=O) groups is 1. The number of hydrogen-bond donors (Lipinski definition) is 2. The molecule has 1 fully saturated rings. The number of phenols is 1. The van der Waals surface area contributed by atoms with E-state index in [0.29, 0.717) is 0 Å². The van der Waals surface area contributed by atoms with E-state index >= 15 is 0 Å². The first kappa shape index (κ1) is 14.3. The van der Waals surface area contributed by atoms with Gasteiger partial charge in [0.15, 0.2) is 0 Å². The van der Waals surface area contributed by atoms with E-state index in [2.05, 4.69) is 5.32 Å². The summed E-state index contributed by atoms with van der Waals surface area (Å²) in [7, 11) is 1.58. The summed E-state index contributed by atoms with van der Waals surface area (Å²) in [6.45, 7) is 0. The Hall–Kier alpha value is -2.15. The number of rotatable bonds is 4. The molecule has 1 aromatic carbocycles. The van der Waals surface area contributed by atoms with Crippen LogP contribution in [0.5, 0.6) is 5.75 Å². The number of hydrogen-bond acceptors (Lipinski definition) is 5. The Labute approximate surface area is 115 Å². The summed E-state index contributed by atoms with van der Waals surface area (Å²) in [6, 6.07) is 3.75. The zero-order valence-electron chi connectivity index (χ0n) is 11.0. The highest BCUT2D eigenvalue weighted by Crippen LogP contribution is 2.30. The molecule has 108 valence electrons. The lowest BCUT2D eigenvalue weighted by molar-refractivity contribution is -0.385. The van der Waals surface area contributed by atoms with Crippen LogP contribution >= 0.6 is 0 Å². The Morgan fingerprint density at radius 2 is 2.25 bits per heavy atom. The number of aromatic hydroxyl groups is 1. The van der Waals surface area contributed by atoms with Crippen molar-refractivity contribution in [2.45, 2.75) is 31.4 Å². The van der Waals surface area contributed by atoms with Crippen molar-refractivity contribution in [2.24, 2.45) is 0 Å². The summed E-state index contributed by atoms with van der Waals surface area (Å²) in [5.41, 5.74) is -0.576. The van der Waals surface area contributed by atoms with Crippen molar-refractivity contribution in [2.75, 3.05) is 7.11 Å². The van der Waals surface area contributed by atoms with Crippen LogP contribution in [0.1, 0.15) is 29.6 Å². The molecule has 1 amide bonds. The quantitative estimate of drug-likeness (QED) is 0.644. The lowest BCUT2D eigenvalue weighted by Gasteiger charge is -2.19. The largest absolute Gasteiger partial charge is 0.502 e. The lowest BCUT2D eigenvalue weighted by Crippen LogP contribution is -2.40. The average Bonchev–Trinajstić information content (AvgIpc) is 2.85. The first-order valence-electron chi connectivity index (χ1n) is 6.34. The topological polar surface area (TPSA) is 102 Å². The fourth-order valence-electron chi connectivity index (χ4n) is 2.48. The predicted molar refractivity (Wildman–Crippen MR) is 70.7 cm³/mol. The smallest absolute Gasteiger partial charge is 0.311 e. The zero-order valence-corrected chi connectivity index (χ0v) is 11.0. The summed E-state index contributed by atoms with van der Waals surface area (Å²) in [5, 5.41) is 23.3. The molecular weight excluding hydrogens is 264 g/mol. The van der Waals surface area contributed by atoms with Crippen LogP contribution in [-0.2, 0) is 4.74 Å². The number of nitro benzene ring substituents is 1. The van der Waals surface area contributed by atoms with E-state index in [4.69, 9.17) is 4.74 Å². The van der Waals surface area contributed by atoms with Gasteiger partial charge in [0.25, 0.3) is 5.91 Å². The number of ether oxygens (including phenoxy) is 1. The lowest BCUT2D eigenvalue weighted by atomic mass is 10.1. The summed E-state index contributed by atoms with van der Waals surface area (Å²) in [5.74, 6) is -1.14. The Balaban J connectivity index is 2.17. The van der Waals surface area contributed by atoms with Gasteiger partial charge < -0.3 is 15.2 Å². The van der Waals surface area contributed by atoms with Crippen molar-refractivity contribution < 1.29 is 19.6 Å². The monoisotopic (exact) mass is 280 g/mol. The highest BCUT2D eigenvalue weighted by molar-refractivity contribution is 5.98. The highest BCUT2D eigenvalue weighted by Gasteiger charge is 2.30. The number of nitrogens with one attached hydrogen (secondary N) is 1. The van der Waals surface area contributed by atoms with Gasteiger partial charge in [0, 0.05) is 13.2 Å². The first-order chi connectivity index (χ1) is 9.54. The van der Waals surface area contributed by atoms with E-state index in [0.717, 1.165) is 25.3 Å². The molecule has 20 heavy (non-hydrogen) atoms. The van der Waals surface area contributed by atoms with Crippen LogP contribution in [0.3, 0.4) is 0 Å². The number of phenolic OH excluding ortho intramolecular Hbond substituents is 1. The maximum absolute atomic E-state index is 12.1. The molecule has 0 spiro atoms. The van der Waals surface area contributed by atoms with Crippen molar-refractivity contribution in [1.29, 1.82) is 0 Å². The Kier molecular flexibility index (Phi) is 4.19. The van der Waals surface area contributed by atoms with Gasteiger partial charge in [-0.15, -0.1) is 0 Å². The van der Waals surface area contributed by atoms with Crippen molar-refractivity contribution in [3.8, 4) is 5.75 Å². The molecule has 1 aromatic rings. The second-order valence-corrected chi connectivity index (χ2v) is 4.72. The molecule has 2 atom stereocenters. The van der Waals surface area contributed by atoms with E-state index in [-0.39, 0.29) is 17.7 Å². The normalized spacial score (nSPS) is 21.6. The van der Waals surface area contributed by atoms with Crippen LogP contribution in [0.25, 0.3) is 0 Å². The van der Waals surface area contributed by atoms with Crippen LogP contribution in [0, 0.1) is 10.1 Å². The van der Waals surface area contributed by atoms with Gasteiger partial charge in [-0.2, -0.15) is 0 Å². The summed E-state index contributed by atoms with van der Waals surface area (Å²) >= 11 is 0. The van der Waals surface area contributed by atoms with E-state index in [1.165, 1.54) is 12.1 Å². The molecule has 0 saturated heterocycles. The number of nitro groups is 1. The van der Waals surface area contributed by atoms with Crippen LogP contribution in [0.15, 0.2) is 18.2 Å². The van der Waals surface area contributed by atoms with Gasteiger partial charge in [-0.3, -0.25) is 14.9 Å². The molecule has 1 aliphatic carbocycles. The van der Waals surface area contributed by atoms with Gasteiger partial charge in [-0.25, -0.2) is 0 Å². The predicted octanol–water partition coefficient (Wildman–Crippen LogP) is 1.60. The van der Waals surface area contributed by atoms with Crippen LogP contribution in [-0.4, -0.2) is 35.2 Å². The van der Waals surface area contributed by atoms with Crippen molar-refractivity contribution >= 4 is 11.6 Å². The molecular formula is C13H16N2O5. The molecule has 1 aliphatic rings. The Morgan fingerprint density at radius 1 is 1.50 bits per heavy atom. The van der Waals surface area contributed by atoms with E-state index in [1.807, 2.05) is 0 Å². The number of para-hydroxylation sites is 1. The molecule has 0 aromatic heterocycles. The molecule has 7 nitrogen and oxygen atoms in total. The molecule has 0 radical (unpaired) electrons. The molecule has 0 aliphatic heterocycles. The number of benzene rings is 1. The molecule has 0 unspecified atom stereocenters. The van der Waals surface area contributed by atoms with Gasteiger partial charge in [-0.05, 0) is 25.3 Å². The number of methoxy groups -OCH3 is 1. The van der Waals surface area contributed by atoms with Gasteiger partial charge in [0.05, 0.1) is 22.6 Å². The molecule has 2 rings (SSSR count). The Morgan fingerprint density at radius 3 is 2.90 bits per heavy atom. The number of nitrogens with zero attached hydrogens (tertiary/aromatic N) is 1. The first-order valence-corrected chi connectivity index (χ1v) is 6.34. The second kappa shape index (κ2) is 5.87. The summed E-state index contributed by atoms with van der Waals surface area (Å²) in [4.78, 5) is 22.1. The zero-order chi connectivity index (χ0) is 14.7. The summed E-state index contributed by atoms with van der Waals surface area (Å²) in [6.07, 6.45) is 2.55. The number of amides is 1. The minimum absolute atomic E-state index is 0.0557. The highest BCUT2D eigenvalue weighted by atomic mass is 16.6. The van der Waals surface area contributed by atoms with E-state index in [9.17, 15) is 20.0 Å². The van der Waals surface area contributed by atoms with Crippen molar-refractivity contribution in [3.05, 3.63) is 33.9 Å². The van der Waals surface area contributed by atoms with Crippen molar-refractivity contribution in [3.63, 3.8) is 0 Å². The fourth-order valence-corrected chi connectivity index (χ4v) is 2.48. The third kappa shape index (κ3) is 2.72. The van der Waals surface area contributed by atoms with Gasteiger partial charge >= 0.3 is 5.69 Å². The van der Waals surface area contributed by atoms with Crippen molar-refractivity contribution in [1.82, 2.24) is 5.32 Å². The molecule has 0 bridgehead atoms. The number of carbonyl (C=O) groups excluding carboxylic acids is 1.